The van der Waals surface area contributed by atoms with Crippen LogP contribution in [0.2, 0.25) is 5.02 Å². The molecule has 0 radical (unpaired) electrons. The van der Waals surface area contributed by atoms with E-state index in [1.165, 1.54) is 0 Å². The summed E-state index contributed by atoms with van der Waals surface area (Å²) in [4.78, 5) is 23.2. The van der Waals surface area contributed by atoms with Crippen molar-refractivity contribution >= 4 is 29.4 Å². The summed E-state index contributed by atoms with van der Waals surface area (Å²) in [7, 11) is 0. The molecule has 0 aromatic heterocycles. The van der Waals surface area contributed by atoms with Crippen LogP contribution in [0.1, 0.15) is 46.1 Å². The van der Waals surface area contributed by atoms with E-state index in [4.69, 9.17) is 16.3 Å². The molecule has 23 heavy (non-hydrogen) atoms. The molecular weight excluding hydrogens is 318 g/mol. The van der Waals surface area contributed by atoms with E-state index in [1.54, 1.807) is 39.0 Å². The van der Waals surface area contributed by atoms with E-state index in [2.05, 4.69) is 5.32 Å². The number of carboxylic acid groups (broad SMARTS) is 1. The zero-order chi connectivity index (χ0) is 17.6. The zero-order valence-corrected chi connectivity index (χ0v) is 14.7. The third-order valence-electron chi connectivity index (χ3n) is 4.07. The summed E-state index contributed by atoms with van der Waals surface area (Å²) in [5.74, 6) is -1.48. The van der Waals surface area contributed by atoms with Gasteiger partial charge in [0, 0.05) is 16.6 Å². The van der Waals surface area contributed by atoms with Crippen LogP contribution < -0.4 is 5.32 Å². The molecule has 0 heterocycles. The fourth-order valence-corrected chi connectivity index (χ4v) is 3.20. The number of carbonyl (C=O) groups excluding carboxylic acids is 1. The van der Waals surface area contributed by atoms with Gasteiger partial charge in [0.15, 0.2) is 0 Å². The summed E-state index contributed by atoms with van der Waals surface area (Å²) in [6.07, 6.45) is -0.560. The molecule has 1 aliphatic rings. The van der Waals surface area contributed by atoms with Gasteiger partial charge in [-0.05, 0) is 49.9 Å². The SMILES string of the molecule is CC(C)(C)OC(=O)Nc1ccc(Cl)c(C2C(C(=O)O)C2(C)C)c1. The minimum absolute atomic E-state index is 0.173. The lowest BCUT2D eigenvalue weighted by Gasteiger charge is -2.20. The Morgan fingerprint density at radius 3 is 2.39 bits per heavy atom. The van der Waals surface area contributed by atoms with E-state index in [-0.39, 0.29) is 11.3 Å². The number of amides is 1. The summed E-state index contributed by atoms with van der Waals surface area (Å²) in [6, 6.07) is 5.05. The molecule has 1 amide bonds. The summed E-state index contributed by atoms with van der Waals surface area (Å²) in [5.41, 5.74) is 0.315. The first-order valence-corrected chi connectivity index (χ1v) is 7.83. The molecule has 2 N–H and O–H groups in total. The Hall–Kier alpha value is -1.75. The Labute approximate surface area is 141 Å². The lowest BCUT2D eigenvalue weighted by atomic mass is 10.0. The quantitative estimate of drug-likeness (QED) is 0.849. The fraction of sp³-hybridized carbons (Fsp3) is 0.529. The van der Waals surface area contributed by atoms with Crippen LogP contribution in [0.5, 0.6) is 0 Å². The van der Waals surface area contributed by atoms with E-state index in [0.29, 0.717) is 10.7 Å². The van der Waals surface area contributed by atoms with Crippen molar-refractivity contribution in [2.45, 2.75) is 46.1 Å². The molecule has 1 aromatic carbocycles. The second-order valence-corrected chi connectivity index (χ2v) is 7.89. The van der Waals surface area contributed by atoms with Gasteiger partial charge < -0.3 is 9.84 Å². The van der Waals surface area contributed by atoms with Crippen molar-refractivity contribution in [3.05, 3.63) is 28.8 Å². The van der Waals surface area contributed by atoms with Gasteiger partial charge in [0.2, 0.25) is 0 Å². The molecule has 0 bridgehead atoms. The molecule has 6 heteroatoms. The van der Waals surface area contributed by atoms with Crippen LogP contribution in [0.3, 0.4) is 0 Å². The van der Waals surface area contributed by atoms with Crippen LogP contribution in [-0.2, 0) is 9.53 Å². The van der Waals surface area contributed by atoms with Crippen molar-refractivity contribution in [2.75, 3.05) is 5.32 Å². The number of ether oxygens (including phenoxy) is 1. The van der Waals surface area contributed by atoms with Gasteiger partial charge in [0.05, 0.1) is 5.92 Å². The first-order valence-electron chi connectivity index (χ1n) is 7.46. The highest BCUT2D eigenvalue weighted by molar-refractivity contribution is 6.31. The molecule has 2 rings (SSSR count). The zero-order valence-electron chi connectivity index (χ0n) is 13.9. The molecule has 0 aliphatic heterocycles. The number of nitrogens with one attached hydrogen (secondary N) is 1. The monoisotopic (exact) mass is 339 g/mol. The van der Waals surface area contributed by atoms with Crippen LogP contribution in [0.15, 0.2) is 18.2 Å². The van der Waals surface area contributed by atoms with Gasteiger partial charge in [-0.2, -0.15) is 0 Å². The largest absolute Gasteiger partial charge is 0.481 e. The number of rotatable bonds is 3. The van der Waals surface area contributed by atoms with Gasteiger partial charge in [-0.15, -0.1) is 0 Å². The molecule has 2 atom stereocenters. The van der Waals surface area contributed by atoms with Crippen molar-refractivity contribution in [2.24, 2.45) is 11.3 Å². The number of carboxylic acids is 1. The van der Waals surface area contributed by atoms with Crippen LogP contribution in [0.25, 0.3) is 0 Å². The van der Waals surface area contributed by atoms with Crippen LogP contribution in [0, 0.1) is 11.3 Å². The molecular formula is C17H22ClNO4. The molecule has 1 aliphatic carbocycles. The maximum atomic E-state index is 11.8. The minimum Gasteiger partial charge on any atom is -0.481 e. The maximum absolute atomic E-state index is 11.8. The fourth-order valence-electron chi connectivity index (χ4n) is 2.96. The van der Waals surface area contributed by atoms with Crippen molar-refractivity contribution in [1.29, 1.82) is 0 Å². The van der Waals surface area contributed by atoms with Crippen molar-refractivity contribution < 1.29 is 19.4 Å². The Balaban J connectivity index is 2.21. The lowest BCUT2D eigenvalue weighted by Crippen LogP contribution is -2.27. The lowest BCUT2D eigenvalue weighted by molar-refractivity contribution is -0.139. The van der Waals surface area contributed by atoms with E-state index < -0.39 is 23.6 Å². The van der Waals surface area contributed by atoms with Crippen LogP contribution in [-0.4, -0.2) is 22.8 Å². The van der Waals surface area contributed by atoms with Gasteiger partial charge in [0.25, 0.3) is 0 Å². The highest BCUT2D eigenvalue weighted by atomic mass is 35.5. The highest BCUT2D eigenvalue weighted by Crippen LogP contribution is 2.65. The van der Waals surface area contributed by atoms with Gasteiger partial charge in [0.1, 0.15) is 5.60 Å². The number of carbonyl (C=O) groups is 2. The maximum Gasteiger partial charge on any atom is 0.412 e. The molecule has 2 unspecified atom stereocenters. The molecule has 0 saturated heterocycles. The van der Waals surface area contributed by atoms with E-state index >= 15 is 0 Å². The summed E-state index contributed by atoms with van der Waals surface area (Å²) in [5, 5.41) is 12.5. The van der Waals surface area contributed by atoms with Gasteiger partial charge >= 0.3 is 12.1 Å². The number of hydrogen-bond acceptors (Lipinski definition) is 3. The Kier molecular flexibility index (Phi) is 4.37. The normalized spacial score (nSPS) is 22.3. The standard InChI is InChI=1S/C17H22ClNO4/c1-16(2,3)23-15(22)19-9-6-7-11(18)10(8-9)12-13(14(20)21)17(12,4)5/h6-8,12-13H,1-5H3,(H,19,22)(H,20,21). The second kappa shape index (κ2) is 5.71. The number of aliphatic carboxylic acids is 1. The highest BCUT2D eigenvalue weighted by Gasteiger charge is 2.63. The Morgan fingerprint density at radius 1 is 1.30 bits per heavy atom. The topological polar surface area (TPSA) is 75.6 Å². The molecule has 1 saturated carbocycles. The first kappa shape index (κ1) is 17.6. The van der Waals surface area contributed by atoms with Crippen molar-refractivity contribution in [3.8, 4) is 0 Å². The van der Waals surface area contributed by atoms with Crippen LogP contribution in [0.4, 0.5) is 10.5 Å². The summed E-state index contributed by atoms with van der Waals surface area (Å²) in [6.45, 7) is 9.15. The van der Waals surface area contributed by atoms with Gasteiger partial charge in [-0.25, -0.2) is 4.79 Å². The van der Waals surface area contributed by atoms with Crippen molar-refractivity contribution in [1.82, 2.24) is 0 Å². The predicted molar refractivity (Wildman–Crippen MR) is 89.0 cm³/mol. The molecule has 126 valence electrons. The predicted octanol–water partition coefficient (Wildman–Crippen LogP) is 4.51. The number of benzene rings is 1. The summed E-state index contributed by atoms with van der Waals surface area (Å²) >= 11 is 6.23. The molecule has 1 aromatic rings. The van der Waals surface area contributed by atoms with Gasteiger partial charge in [-0.1, -0.05) is 25.4 Å². The Morgan fingerprint density at radius 2 is 1.91 bits per heavy atom. The number of halogens is 1. The molecule has 1 fully saturated rings. The number of anilines is 1. The number of hydrogen-bond donors (Lipinski definition) is 2. The molecule has 5 nitrogen and oxygen atoms in total. The average Bonchev–Trinajstić information content (AvgIpc) is 2.92. The minimum atomic E-state index is -0.832. The average molecular weight is 340 g/mol. The molecule has 0 spiro atoms. The smallest absolute Gasteiger partial charge is 0.412 e. The first-order chi connectivity index (χ1) is 10.4. The van der Waals surface area contributed by atoms with E-state index in [0.717, 1.165) is 5.56 Å². The van der Waals surface area contributed by atoms with Crippen molar-refractivity contribution in [3.63, 3.8) is 0 Å². The Bertz CT molecular complexity index is 648. The van der Waals surface area contributed by atoms with Crippen LogP contribution >= 0.6 is 11.6 Å². The van der Waals surface area contributed by atoms with E-state index in [1.807, 2.05) is 13.8 Å². The summed E-state index contributed by atoms with van der Waals surface area (Å²) < 4.78 is 5.21. The third-order valence-corrected chi connectivity index (χ3v) is 4.41. The van der Waals surface area contributed by atoms with E-state index in [9.17, 15) is 14.7 Å². The third kappa shape index (κ3) is 3.78. The van der Waals surface area contributed by atoms with Gasteiger partial charge in [-0.3, -0.25) is 10.1 Å². The second-order valence-electron chi connectivity index (χ2n) is 7.48.